The lowest BCUT2D eigenvalue weighted by Crippen LogP contribution is -3.10. The number of hydrogen-bond acceptors (Lipinski definition) is 3. The molecular weight excluding hydrogens is 377 g/mol. The number of aromatic nitrogens is 1. The molecule has 4 nitrogen and oxygen atoms in total. The summed E-state index contributed by atoms with van der Waals surface area (Å²) >= 11 is 13.5. The van der Waals surface area contributed by atoms with Crippen LogP contribution in [0.3, 0.4) is 0 Å². The Labute approximate surface area is 160 Å². The van der Waals surface area contributed by atoms with Crippen molar-refractivity contribution in [3.8, 4) is 0 Å². The molecule has 0 spiro atoms. The molecule has 0 aliphatic carbocycles. The Morgan fingerprint density at radius 1 is 1.24 bits per heavy atom. The fraction of sp³-hybridized carbons (Fsp3) is 0.222. The number of fused-ring (bicyclic) bond motifs is 1. The van der Waals surface area contributed by atoms with Gasteiger partial charge >= 0.3 is 0 Å². The lowest BCUT2D eigenvalue weighted by Gasteiger charge is -2.19. The van der Waals surface area contributed by atoms with Crippen molar-refractivity contribution in [2.75, 3.05) is 18.9 Å². The average molecular weight is 395 g/mol. The summed E-state index contributed by atoms with van der Waals surface area (Å²) in [5.74, 6) is -0.0798. The molecule has 0 aliphatic heterocycles. The standard InChI is InChI=1S/C18H17Cl2N3OS/c1-11(18-22-15-5-3-4-6-16(15)25-18)23(2)10-17(24)21-12-7-8-13(19)14(20)9-12/h3-9,11H,10H2,1-2H3,(H,21,24)/p+1/t11-/m1/s1. The van der Waals surface area contributed by atoms with Gasteiger partial charge in [0, 0.05) is 5.69 Å². The quantitative estimate of drug-likeness (QED) is 0.690. The highest BCUT2D eigenvalue weighted by molar-refractivity contribution is 7.18. The fourth-order valence-electron chi connectivity index (χ4n) is 2.47. The molecule has 2 aromatic carbocycles. The van der Waals surface area contributed by atoms with Gasteiger partial charge in [0.05, 0.1) is 27.3 Å². The van der Waals surface area contributed by atoms with Gasteiger partial charge in [0.25, 0.3) is 5.91 Å². The van der Waals surface area contributed by atoms with Gasteiger partial charge in [-0.3, -0.25) is 4.79 Å². The van der Waals surface area contributed by atoms with E-state index in [0.29, 0.717) is 22.3 Å². The minimum Gasteiger partial charge on any atom is -0.322 e. The molecular formula is C18H18Cl2N3OS+. The van der Waals surface area contributed by atoms with Gasteiger partial charge in [-0.05, 0) is 37.3 Å². The number of thiazole rings is 1. The zero-order valence-electron chi connectivity index (χ0n) is 13.8. The first kappa shape index (κ1) is 18.1. The van der Waals surface area contributed by atoms with Crippen LogP contribution in [0.25, 0.3) is 10.2 Å². The van der Waals surface area contributed by atoms with Crippen LogP contribution in [-0.4, -0.2) is 24.5 Å². The van der Waals surface area contributed by atoms with Crippen LogP contribution in [0.5, 0.6) is 0 Å². The predicted molar refractivity (Wildman–Crippen MR) is 105 cm³/mol. The highest BCUT2D eigenvalue weighted by Crippen LogP contribution is 2.25. The summed E-state index contributed by atoms with van der Waals surface area (Å²) in [6.07, 6.45) is 0. The van der Waals surface area contributed by atoms with Crippen LogP contribution in [-0.2, 0) is 4.79 Å². The zero-order valence-corrected chi connectivity index (χ0v) is 16.2. The molecule has 7 heteroatoms. The van der Waals surface area contributed by atoms with E-state index in [1.165, 1.54) is 0 Å². The van der Waals surface area contributed by atoms with Gasteiger partial charge in [-0.15, -0.1) is 11.3 Å². The minimum absolute atomic E-state index is 0.0798. The number of carbonyl (C=O) groups excluding carboxylic acids is 1. The minimum atomic E-state index is -0.0798. The molecule has 2 atom stereocenters. The summed E-state index contributed by atoms with van der Waals surface area (Å²) < 4.78 is 1.16. The molecule has 1 unspecified atom stereocenters. The van der Waals surface area contributed by atoms with E-state index in [0.717, 1.165) is 20.1 Å². The van der Waals surface area contributed by atoms with E-state index in [-0.39, 0.29) is 11.9 Å². The predicted octanol–water partition coefficient (Wildman–Crippen LogP) is 3.82. The number of para-hydroxylation sites is 1. The maximum Gasteiger partial charge on any atom is 0.279 e. The van der Waals surface area contributed by atoms with Gasteiger partial charge in [-0.1, -0.05) is 35.3 Å². The van der Waals surface area contributed by atoms with Crippen molar-refractivity contribution in [3.63, 3.8) is 0 Å². The summed E-state index contributed by atoms with van der Waals surface area (Å²) in [6.45, 7) is 2.41. The van der Waals surface area contributed by atoms with E-state index >= 15 is 0 Å². The Morgan fingerprint density at radius 3 is 2.72 bits per heavy atom. The van der Waals surface area contributed by atoms with E-state index in [1.54, 1.807) is 29.5 Å². The van der Waals surface area contributed by atoms with Crippen molar-refractivity contribution in [1.29, 1.82) is 0 Å². The van der Waals surface area contributed by atoms with Gasteiger partial charge in [0.15, 0.2) is 11.6 Å². The Hall–Kier alpha value is -1.66. The van der Waals surface area contributed by atoms with Gasteiger partial charge in [0.1, 0.15) is 6.04 Å². The van der Waals surface area contributed by atoms with Crippen molar-refractivity contribution < 1.29 is 9.69 Å². The Balaban J connectivity index is 1.64. The Bertz CT molecular complexity index is 879. The second kappa shape index (κ2) is 7.70. The summed E-state index contributed by atoms with van der Waals surface area (Å²) in [4.78, 5) is 18.0. The number of rotatable bonds is 5. The number of nitrogens with one attached hydrogen (secondary N) is 2. The van der Waals surface area contributed by atoms with E-state index in [2.05, 4.69) is 23.3 Å². The first-order valence-electron chi connectivity index (χ1n) is 7.86. The summed E-state index contributed by atoms with van der Waals surface area (Å²) in [5.41, 5.74) is 1.64. The van der Waals surface area contributed by atoms with Crippen molar-refractivity contribution in [2.24, 2.45) is 0 Å². The maximum absolute atomic E-state index is 12.3. The van der Waals surface area contributed by atoms with Crippen LogP contribution in [0.2, 0.25) is 10.0 Å². The van der Waals surface area contributed by atoms with Crippen molar-refractivity contribution >= 4 is 56.3 Å². The molecule has 0 saturated carbocycles. The van der Waals surface area contributed by atoms with E-state index in [4.69, 9.17) is 23.2 Å². The molecule has 25 heavy (non-hydrogen) atoms. The molecule has 0 bridgehead atoms. The molecule has 1 aromatic heterocycles. The van der Waals surface area contributed by atoms with Crippen LogP contribution < -0.4 is 10.2 Å². The second-order valence-corrected chi connectivity index (χ2v) is 7.82. The normalized spacial score (nSPS) is 13.6. The summed E-state index contributed by atoms with van der Waals surface area (Å²) in [6, 6.07) is 13.2. The highest BCUT2D eigenvalue weighted by Gasteiger charge is 2.22. The highest BCUT2D eigenvalue weighted by atomic mass is 35.5. The van der Waals surface area contributed by atoms with E-state index < -0.39 is 0 Å². The third-order valence-electron chi connectivity index (χ3n) is 4.06. The van der Waals surface area contributed by atoms with Crippen LogP contribution >= 0.6 is 34.5 Å². The summed E-state index contributed by atoms with van der Waals surface area (Å²) in [5, 5.41) is 4.77. The van der Waals surface area contributed by atoms with Gasteiger partial charge in [0.2, 0.25) is 0 Å². The number of carbonyl (C=O) groups is 1. The smallest absolute Gasteiger partial charge is 0.279 e. The third-order valence-corrected chi connectivity index (χ3v) is 6.02. The SMILES string of the molecule is C[C@H](c1nc2ccccc2s1)[NH+](C)CC(=O)Nc1ccc(Cl)c(Cl)c1. The molecule has 0 saturated heterocycles. The second-order valence-electron chi connectivity index (χ2n) is 5.94. The van der Waals surface area contributed by atoms with Crippen LogP contribution in [0.1, 0.15) is 18.0 Å². The van der Waals surface area contributed by atoms with Crippen LogP contribution in [0, 0.1) is 0 Å². The molecule has 2 N–H and O–H groups in total. The van der Waals surface area contributed by atoms with Crippen LogP contribution in [0.4, 0.5) is 5.69 Å². The number of hydrogen-bond donors (Lipinski definition) is 2. The number of nitrogens with zero attached hydrogens (tertiary/aromatic N) is 1. The third kappa shape index (κ3) is 4.30. The van der Waals surface area contributed by atoms with Gasteiger partial charge in [-0.25, -0.2) is 4.98 Å². The number of benzene rings is 2. The number of quaternary nitrogens is 1. The number of anilines is 1. The van der Waals surface area contributed by atoms with E-state index in [9.17, 15) is 4.79 Å². The number of likely N-dealkylation sites (N-methyl/N-ethyl adjacent to an activating group) is 1. The fourth-order valence-corrected chi connectivity index (χ4v) is 3.88. The van der Waals surface area contributed by atoms with Crippen molar-refractivity contribution in [2.45, 2.75) is 13.0 Å². The molecule has 1 amide bonds. The molecule has 3 rings (SSSR count). The zero-order chi connectivity index (χ0) is 18.0. The monoisotopic (exact) mass is 394 g/mol. The molecule has 130 valence electrons. The Kier molecular flexibility index (Phi) is 5.59. The molecule has 0 radical (unpaired) electrons. The lowest BCUT2D eigenvalue weighted by atomic mass is 10.3. The van der Waals surface area contributed by atoms with Crippen LogP contribution in [0.15, 0.2) is 42.5 Å². The number of halogens is 2. The lowest BCUT2D eigenvalue weighted by molar-refractivity contribution is -0.902. The Morgan fingerprint density at radius 2 is 2.00 bits per heavy atom. The molecule has 0 aliphatic rings. The molecule has 1 heterocycles. The maximum atomic E-state index is 12.3. The van der Waals surface area contributed by atoms with Gasteiger partial charge < -0.3 is 10.2 Å². The van der Waals surface area contributed by atoms with Crippen molar-refractivity contribution in [3.05, 3.63) is 57.5 Å². The van der Waals surface area contributed by atoms with Crippen molar-refractivity contribution in [1.82, 2.24) is 4.98 Å². The number of amides is 1. The van der Waals surface area contributed by atoms with Gasteiger partial charge in [-0.2, -0.15) is 0 Å². The van der Waals surface area contributed by atoms with E-state index in [1.807, 2.05) is 25.2 Å². The molecule has 3 aromatic rings. The average Bonchev–Trinajstić information content (AvgIpc) is 3.01. The first-order chi connectivity index (χ1) is 11.9. The largest absolute Gasteiger partial charge is 0.322 e. The first-order valence-corrected chi connectivity index (χ1v) is 9.44. The summed E-state index contributed by atoms with van der Waals surface area (Å²) in [7, 11) is 1.99. The topological polar surface area (TPSA) is 46.4 Å². The molecule has 0 fully saturated rings.